The van der Waals surface area contributed by atoms with E-state index in [9.17, 15) is 5.11 Å². The molecule has 0 saturated heterocycles. The zero-order valence-corrected chi connectivity index (χ0v) is 34.5. The lowest BCUT2D eigenvalue weighted by Gasteiger charge is -2.53. The van der Waals surface area contributed by atoms with Crippen LogP contribution in [0.3, 0.4) is 0 Å². The van der Waals surface area contributed by atoms with Gasteiger partial charge in [-0.15, -0.1) is 0 Å². The van der Waals surface area contributed by atoms with Crippen molar-refractivity contribution in [2.45, 2.75) is 200 Å². The Balaban J connectivity index is 1.36. The minimum absolute atomic E-state index is 0.0685. The number of benzene rings is 1. The molecule has 48 heavy (non-hydrogen) atoms. The summed E-state index contributed by atoms with van der Waals surface area (Å²) < 4.78 is 7.95. The summed E-state index contributed by atoms with van der Waals surface area (Å²) in [5, 5.41) is 12.7. The van der Waals surface area contributed by atoms with Gasteiger partial charge in [-0.2, -0.15) is 0 Å². The molecule has 5 atom stereocenters. The normalized spacial score (nSPS) is 27.4. The van der Waals surface area contributed by atoms with Crippen molar-refractivity contribution < 1.29 is 14.0 Å². The number of rotatable bonds is 20. The average molecular weight is 683 g/mol. The molecule has 0 radical (unpaired) electrons. The van der Waals surface area contributed by atoms with Gasteiger partial charge in [-0.3, -0.25) is 0 Å². The van der Waals surface area contributed by atoms with Crippen molar-refractivity contribution in [3.8, 4) is 5.75 Å². The first-order chi connectivity index (χ1) is 22.7. The van der Waals surface area contributed by atoms with Crippen LogP contribution in [0.25, 0.3) is 0 Å². The highest BCUT2D eigenvalue weighted by Crippen LogP contribution is 2.65. The molecule has 0 bridgehead atoms. The molecule has 2 saturated carbocycles. The molecule has 0 aliphatic heterocycles. The second kappa shape index (κ2) is 17.1. The largest absolute Gasteiger partial charge is 0.543 e. The quantitative estimate of drug-likeness (QED) is 0.0842. The van der Waals surface area contributed by atoms with E-state index in [-0.39, 0.29) is 10.5 Å². The fraction of sp³-hybridized carbons (Fsp3) is 0.864. The Labute approximate surface area is 300 Å². The van der Waals surface area contributed by atoms with Gasteiger partial charge in [0.2, 0.25) is 8.32 Å². The Morgan fingerprint density at radius 2 is 1.40 bits per heavy atom. The van der Waals surface area contributed by atoms with E-state index in [1.54, 1.807) is 5.56 Å². The van der Waals surface area contributed by atoms with E-state index >= 15 is 0 Å². The van der Waals surface area contributed by atoms with Gasteiger partial charge in [0.25, 0.3) is 0 Å². The first-order valence-electron chi connectivity index (χ1n) is 21.1. The van der Waals surface area contributed by atoms with E-state index < -0.39 is 13.9 Å². The van der Waals surface area contributed by atoms with Crippen molar-refractivity contribution in [2.24, 2.45) is 17.3 Å². The highest BCUT2D eigenvalue weighted by Gasteiger charge is 2.61. The minimum Gasteiger partial charge on any atom is -0.543 e. The number of quaternary nitrogens is 1. The fourth-order valence-corrected chi connectivity index (χ4v) is 11.2. The summed E-state index contributed by atoms with van der Waals surface area (Å²) in [5.74, 6) is 3.13. The van der Waals surface area contributed by atoms with E-state index in [0.717, 1.165) is 24.5 Å². The van der Waals surface area contributed by atoms with Crippen LogP contribution >= 0.6 is 0 Å². The van der Waals surface area contributed by atoms with Crippen LogP contribution in [-0.4, -0.2) is 50.2 Å². The van der Waals surface area contributed by atoms with Crippen LogP contribution in [0.1, 0.15) is 181 Å². The van der Waals surface area contributed by atoms with Crippen molar-refractivity contribution in [3.63, 3.8) is 0 Å². The van der Waals surface area contributed by atoms with Crippen LogP contribution in [0.2, 0.25) is 18.1 Å². The molecular formula is C44H80NO2Si+. The summed E-state index contributed by atoms with van der Waals surface area (Å²) in [6.45, 7) is 22.7. The summed E-state index contributed by atoms with van der Waals surface area (Å²) >= 11 is 0. The maximum Gasteiger partial charge on any atom is 0.250 e. The topological polar surface area (TPSA) is 29.5 Å². The van der Waals surface area contributed by atoms with Gasteiger partial charge < -0.3 is 14.0 Å². The maximum absolute atomic E-state index is 12.5. The Hall–Kier alpha value is -0.843. The van der Waals surface area contributed by atoms with Crippen molar-refractivity contribution >= 4 is 8.32 Å². The van der Waals surface area contributed by atoms with E-state index in [0.29, 0.717) is 11.8 Å². The molecular weight excluding hydrogens is 603 g/mol. The Kier molecular flexibility index (Phi) is 14.2. The number of fused-ring (bicyclic) bond motifs is 5. The second-order valence-corrected chi connectivity index (χ2v) is 23.8. The summed E-state index contributed by atoms with van der Waals surface area (Å²) in [7, 11) is 0.702. The van der Waals surface area contributed by atoms with Gasteiger partial charge in [-0.1, -0.05) is 99.0 Å². The van der Waals surface area contributed by atoms with Gasteiger partial charge in [0, 0.05) is 0 Å². The standard InChI is InChI=1S/C44H80NO2Si/c1-10-12-14-16-18-20-32-45(7,33-21-19-17-15-13-11-2)34-22-29-44(46)31-28-41-40-25-23-36-35-37(47-48(8,9)42(3,4)5)24-26-38(36)39(40)27-30-43(41,44)6/h24,26,35,39-41,46H,10-23,25,27-34H2,1-9H3/q+1/t39?,40?,41?,43-,44-/m0/s1. The van der Waals surface area contributed by atoms with Gasteiger partial charge in [0.1, 0.15) is 5.75 Å². The number of nitrogens with zero attached hydrogens (tertiary/aromatic N) is 1. The van der Waals surface area contributed by atoms with Crippen LogP contribution in [-0.2, 0) is 6.42 Å². The SMILES string of the molecule is CCCCCCCC[N+](C)(CCCCCCCC)CCC[C@]1(O)CCC2C3CCc4cc(O[Si](C)(C)C(C)(C)C)ccc4C3CC[C@@]21C. The summed E-state index contributed by atoms with van der Waals surface area (Å²) in [6.07, 6.45) is 25.9. The Bertz CT molecular complexity index is 1110. The molecule has 1 aromatic rings. The monoisotopic (exact) mass is 683 g/mol. The van der Waals surface area contributed by atoms with Gasteiger partial charge in [0.15, 0.2) is 0 Å². The summed E-state index contributed by atoms with van der Waals surface area (Å²) in [6, 6.07) is 7.12. The molecule has 3 unspecified atom stereocenters. The van der Waals surface area contributed by atoms with Gasteiger partial charge in [-0.25, -0.2) is 0 Å². The zero-order valence-electron chi connectivity index (χ0n) is 33.5. The molecule has 4 heteroatoms. The van der Waals surface area contributed by atoms with Crippen LogP contribution in [0.15, 0.2) is 18.2 Å². The van der Waals surface area contributed by atoms with E-state index in [4.69, 9.17) is 4.43 Å². The number of hydrogen-bond acceptors (Lipinski definition) is 2. The third-order valence-corrected chi connectivity index (χ3v) is 18.9. The first kappa shape index (κ1) is 39.9. The summed E-state index contributed by atoms with van der Waals surface area (Å²) in [5.41, 5.74) is 2.72. The average Bonchev–Trinajstić information content (AvgIpc) is 3.29. The van der Waals surface area contributed by atoms with E-state index in [1.165, 1.54) is 145 Å². The highest BCUT2D eigenvalue weighted by molar-refractivity contribution is 6.74. The molecule has 0 aromatic heterocycles. The van der Waals surface area contributed by atoms with Crippen molar-refractivity contribution in [1.82, 2.24) is 0 Å². The van der Waals surface area contributed by atoms with Gasteiger partial charge in [-0.05, 0) is 142 Å². The first-order valence-corrected chi connectivity index (χ1v) is 24.0. The zero-order chi connectivity index (χ0) is 35.1. The maximum atomic E-state index is 12.5. The van der Waals surface area contributed by atoms with Gasteiger partial charge >= 0.3 is 0 Å². The molecule has 276 valence electrons. The lowest BCUT2D eigenvalue weighted by molar-refractivity contribution is -0.910. The molecule has 4 rings (SSSR count). The molecule has 3 aliphatic rings. The van der Waals surface area contributed by atoms with E-state index in [1.807, 2.05) is 0 Å². The number of hydrogen-bond donors (Lipinski definition) is 1. The van der Waals surface area contributed by atoms with Crippen LogP contribution in [0.4, 0.5) is 0 Å². The smallest absolute Gasteiger partial charge is 0.250 e. The highest BCUT2D eigenvalue weighted by atomic mass is 28.4. The molecule has 0 spiro atoms. The second-order valence-electron chi connectivity index (χ2n) is 19.1. The fourth-order valence-electron chi connectivity index (χ4n) is 10.2. The van der Waals surface area contributed by atoms with Crippen molar-refractivity contribution in [1.29, 1.82) is 0 Å². The van der Waals surface area contributed by atoms with Crippen molar-refractivity contribution in [3.05, 3.63) is 29.3 Å². The number of aliphatic hydroxyl groups is 1. The number of aryl methyl sites for hydroxylation is 1. The molecule has 1 aromatic carbocycles. The number of unbranched alkanes of at least 4 members (excludes halogenated alkanes) is 10. The van der Waals surface area contributed by atoms with Crippen LogP contribution < -0.4 is 4.43 Å². The lowest BCUT2D eigenvalue weighted by Crippen LogP contribution is -2.52. The third kappa shape index (κ3) is 9.52. The van der Waals surface area contributed by atoms with Gasteiger partial charge in [0.05, 0.1) is 32.3 Å². The van der Waals surface area contributed by atoms with Crippen molar-refractivity contribution in [2.75, 3.05) is 26.7 Å². The summed E-state index contributed by atoms with van der Waals surface area (Å²) in [4.78, 5) is 0. The molecule has 0 amide bonds. The predicted octanol–water partition coefficient (Wildman–Crippen LogP) is 12.6. The minimum atomic E-state index is -1.85. The van der Waals surface area contributed by atoms with Crippen LogP contribution in [0, 0.1) is 17.3 Å². The molecule has 3 aliphatic carbocycles. The predicted molar refractivity (Wildman–Crippen MR) is 211 cm³/mol. The molecule has 3 nitrogen and oxygen atoms in total. The molecule has 0 heterocycles. The lowest BCUT2D eigenvalue weighted by atomic mass is 9.53. The van der Waals surface area contributed by atoms with Crippen LogP contribution in [0.5, 0.6) is 5.75 Å². The Morgan fingerprint density at radius 1 is 0.812 bits per heavy atom. The molecule has 1 N–H and O–H groups in total. The third-order valence-electron chi connectivity index (χ3n) is 14.6. The molecule has 2 fully saturated rings. The Morgan fingerprint density at radius 3 is 2.00 bits per heavy atom. The van der Waals surface area contributed by atoms with E-state index in [2.05, 4.69) is 79.9 Å².